The number of amides is 1. The molecule has 7 heteroatoms. The number of ether oxygens (including phenoxy) is 2. The smallest absolute Gasteiger partial charge is 0.416 e. The summed E-state index contributed by atoms with van der Waals surface area (Å²) in [5, 5.41) is 0. The van der Waals surface area contributed by atoms with Gasteiger partial charge in [0.1, 0.15) is 22.6 Å². The fraction of sp³-hybridized carbons (Fsp3) is 0.500. The summed E-state index contributed by atoms with van der Waals surface area (Å²) in [5.74, 6) is -0.211. The molecule has 0 N–H and O–H groups in total. The minimum absolute atomic E-state index is 0.243. The van der Waals surface area contributed by atoms with Gasteiger partial charge in [0.2, 0.25) is 0 Å². The van der Waals surface area contributed by atoms with Crippen LogP contribution in [0.5, 0.6) is 0 Å². The van der Waals surface area contributed by atoms with E-state index in [0.717, 1.165) is 4.90 Å². The highest BCUT2D eigenvalue weighted by Crippen LogP contribution is 2.18. The van der Waals surface area contributed by atoms with Gasteiger partial charge in [-0.05, 0) is 55.8 Å². The summed E-state index contributed by atoms with van der Waals surface area (Å²) in [6.07, 6.45) is -0.652. The van der Waals surface area contributed by atoms with Gasteiger partial charge in [-0.25, -0.2) is 9.78 Å². The van der Waals surface area contributed by atoms with Crippen molar-refractivity contribution < 1.29 is 19.1 Å². The van der Waals surface area contributed by atoms with Gasteiger partial charge in [0, 0.05) is 0 Å². The summed E-state index contributed by atoms with van der Waals surface area (Å²) in [7, 11) is 0. The molecule has 0 bridgehead atoms. The maximum Gasteiger partial charge on any atom is 0.416 e. The number of aromatic nitrogens is 1. The van der Waals surface area contributed by atoms with Crippen LogP contribution in [0.1, 0.15) is 27.7 Å². The van der Waals surface area contributed by atoms with Crippen LogP contribution >= 0.6 is 15.9 Å². The zero-order chi connectivity index (χ0) is 16.0. The Bertz CT molecular complexity index is 514. The Hall–Kier alpha value is -1.63. The van der Waals surface area contributed by atoms with E-state index in [-0.39, 0.29) is 13.2 Å². The summed E-state index contributed by atoms with van der Waals surface area (Å²) in [5.41, 5.74) is -0.671. The maximum absolute atomic E-state index is 12.3. The third-order valence-electron chi connectivity index (χ3n) is 2.18. The van der Waals surface area contributed by atoms with Crippen molar-refractivity contribution in [3.05, 3.63) is 22.8 Å². The second kappa shape index (κ2) is 7.40. The van der Waals surface area contributed by atoms with Gasteiger partial charge in [0.25, 0.3) is 0 Å². The van der Waals surface area contributed by atoms with E-state index >= 15 is 0 Å². The average molecular weight is 359 g/mol. The molecule has 116 valence electrons. The van der Waals surface area contributed by atoms with Crippen LogP contribution in [0.3, 0.4) is 0 Å². The van der Waals surface area contributed by atoms with Crippen LogP contribution < -0.4 is 4.90 Å². The van der Waals surface area contributed by atoms with Crippen molar-refractivity contribution >= 4 is 33.8 Å². The van der Waals surface area contributed by atoms with Crippen LogP contribution in [0.15, 0.2) is 22.8 Å². The molecule has 0 atom stereocenters. The maximum atomic E-state index is 12.3. The number of nitrogens with zero attached hydrogens (tertiary/aromatic N) is 2. The Morgan fingerprint density at radius 3 is 2.52 bits per heavy atom. The second-order valence-electron chi connectivity index (χ2n) is 5.19. The molecule has 1 amide bonds. The molecule has 0 unspecified atom stereocenters. The Morgan fingerprint density at radius 2 is 2.00 bits per heavy atom. The molecule has 0 radical (unpaired) electrons. The van der Waals surface area contributed by atoms with Crippen molar-refractivity contribution in [1.29, 1.82) is 0 Å². The van der Waals surface area contributed by atoms with Crippen molar-refractivity contribution in [2.45, 2.75) is 33.3 Å². The van der Waals surface area contributed by atoms with E-state index in [4.69, 9.17) is 9.47 Å². The highest BCUT2D eigenvalue weighted by Gasteiger charge is 2.26. The van der Waals surface area contributed by atoms with E-state index in [1.165, 1.54) is 0 Å². The lowest BCUT2D eigenvalue weighted by atomic mass is 10.2. The number of carbonyl (C=O) groups is 2. The van der Waals surface area contributed by atoms with Gasteiger partial charge in [-0.15, -0.1) is 0 Å². The summed E-state index contributed by atoms with van der Waals surface area (Å²) in [4.78, 5) is 29.2. The van der Waals surface area contributed by atoms with Crippen LogP contribution in [-0.2, 0) is 14.3 Å². The number of rotatable bonds is 4. The topological polar surface area (TPSA) is 68.7 Å². The highest BCUT2D eigenvalue weighted by molar-refractivity contribution is 9.10. The lowest BCUT2D eigenvalue weighted by molar-refractivity contribution is -0.141. The molecule has 21 heavy (non-hydrogen) atoms. The van der Waals surface area contributed by atoms with Crippen LogP contribution in [-0.4, -0.2) is 35.8 Å². The predicted molar refractivity (Wildman–Crippen MR) is 82.2 cm³/mol. The number of hydrogen-bond acceptors (Lipinski definition) is 5. The van der Waals surface area contributed by atoms with Gasteiger partial charge >= 0.3 is 12.1 Å². The molecule has 0 saturated carbocycles. The number of hydrogen-bond donors (Lipinski definition) is 0. The van der Waals surface area contributed by atoms with Crippen LogP contribution in [0.25, 0.3) is 0 Å². The number of halogens is 1. The van der Waals surface area contributed by atoms with E-state index in [9.17, 15) is 9.59 Å². The van der Waals surface area contributed by atoms with Gasteiger partial charge in [-0.3, -0.25) is 9.69 Å². The molecule has 0 fully saturated rings. The molecule has 0 aliphatic heterocycles. The molecule has 0 aliphatic carbocycles. The van der Waals surface area contributed by atoms with Crippen molar-refractivity contribution in [3.8, 4) is 0 Å². The normalized spacial score (nSPS) is 10.9. The second-order valence-corrected chi connectivity index (χ2v) is 6.00. The first kappa shape index (κ1) is 17.4. The Labute approximate surface area is 132 Å². The van der Waals surface area contributed by atoms with E-state index in [1.807, 2.05) is 0 Å². The monoisotopic (exact) mass is 358 g/mol. The molecule has 6 nitrogen and oxygen atoms in total. The average Bonchev–Trinajstić information content (AvgIpc) is 2.34. The van der Waals surface area contributed by atoms with Crippen molar-refractivity contribution in [2.24, 2.45) is 0 Å². The van der Waals surface area contributed by atoms with Gasteiger partial charge < -0.3 is 9.47 Å². The molecule has 0 spiro atoms. The highest BCUT2D eigenvalue weighted by atomic mass is 79.9. The number of carbonyl (C=O) groups excluding carboxylic acids is 2. The molecular formula is C14H19BrN2O4. The van der Waals surface area contributed by atoms with Gasteiger partial charge in [-0.1, -0.05) is 6.07 Å². The van der Waals surface area contributed by atoms with Gasteiger partial charge in [0.15, 0.2) is 0 Å². The summed E-state index contributed by atoms with van der Waals surface area (Å²) in [6, 6.07) is 5.06. The molecule has 1 aromatic rings. The quantitative estimate of drug-likeness (QED) is 0.610. The third kappa shape index (κ3) is 6.12. The Kier molecular flexibility index (Phi) is 6.14. The van der Waals surface area contributed by atoms with Gasteiger partial charge in [-0.2, -0.15) is 0 Å². The SMILES string of the molecule is CCOC(=O)CN(C(=O)OC(C)(C)C)c1cccc(Br)n1. The first-order valence-corrected chi connectivity index (χ1v) is 7.31. The Balaban J connectivity index is 2.99. The van der Waals surface area contributed by atoms with E-state index in [1.54, 1.807) is 45.9 Å². The lowest BCUT2D eigenvalue weighted by Crippen LogP contribution is -2.41. The minimum Gasteiger partial charge on any atom is -0.465 e. The fourth-order valence-corrected chi connectivity index (χ4v) is 1.77. The molecule has 1 heterocycles. The minimum atomic E-state index is -0.671. The summed E-state index contributed by atoms with van der Waals surface area (Å²) >= 11 is 3.23. The standard InChI is InChI=1S/C14H19BrN2O4/c1-5-20-12(18)9-17(13(19)21-14(2,3)4)11-8-6-7-10(15)16-11/h6-8H,5,9H2,1-4H3. The number of pyridine rings is 1. The molecule has 0 saturated heterocycles. The van der Waals surface area contributed by atoms with E-state index < -0.39 is 17.7 Å². The number of anilines is 1. The van der Waals surface area contributed by atoms with Crippen molar-refractivity contribution in [1.82, 2.24) is 4.98 Å². The summed E-state index contributed by atoms with van der Waals surface area (Å²) < 4.78 is 10.7. The van der Waals surface area contributed by atoms with E-state index in [2.05, 4.69) is 20.9 Å². The molecule has 1 rings (SSSR count). The Morgan fingerprint density at radius 1 is 1.33 bits per heavy atom. The first-order chi connectivity index (χ1) is 9.73. The van der Waals surface area contributed by atoms with Crippen molar-refractivity contribution in [3.63, 3.8) is 0 Å². The zero-order valence-electron chi connectivity index (χ0n) is 12.6. The predicted octanol–water partition coefficient (Wildman–Crippen LogP) is 3.15. The molecule has 0 aliphatic rings. The van der Waals surface area contributed by atoms with Crippen molar-refractivity contribution in [2.75, 3.05) is 18.1 Å². The van der Waals surface area contributed by atoms with Gasteiger partial charge in [0.05, 0.1) is 6.61 Å². The summed E-state index contributed by atoms with van der Waals surface area (Å²) in [6.45, 7) is 6.94. The van der Waals surface area contributed by atoms with Crippen LogP contribution in [0.2, 0.25) is 0 Å². The lowest BCUT2D eigenvalue weighted by Gasteiger charge is -2.26. The molecule has 0 aromatic carbocycles. The largest absolute Gasteiger partial charge is 0.465 e. The molecule has 1 aromatic heterocycles. The zero-order valence-corrected chi connectivity index (χ0v) is 14.1. The first-order valence-electron chi connectivity index (χ1n) is 6.51. The van der Waals surface area contributed by atoms with Crippen LogP contribution in [0, 0.1) is 0 Å². The van der Waals surface area contributed by atoms with Crippen LogP contribution in [0.4, 0.5) is 10.6 Å². The van der Waals surface area contributed by atoms with E-state index in [0.29, 0.717) is 10.4 Å². The fourth-order valence-electron chi connectivity index (χ4n) is 1.44. The molecular weight excluding hydrogens is 340 g/mol. The third-order valence-corrected chi connectivity index (χ3v) is 2.63. The number of esters is 1.